The van der Waals surface area contributed by atoms with Crippen molar-refractivity contribution in [1.29, 1.82) is 0 Å². The average Bonchev–Trinajstić information content (AvgIpc) is 2.08. The van der Waals surface area contributed by atoms with Crippen molar-refractivity contribution < 1.29 is 14.7 Å². The first-order valence-electron chi connectivity index (χ1n) is 4.92. The van der Waals surface area contributed by atoms with Crippen molar-refractivity contribution in [1.82, 2.24) is 0 Å². The van der Waals surface area contributed by atoms with Crippen LogP contribution in [0.25, 0.3) is 0 Å². The second-order valence-corrected chi connectivity index (χ2v) is 3.77. The molecule has 1 rings (SSSR count). The van der Waals surface area contributed by atoms with E-state index in [0.29, 0.717) is 24.5 Å². The number of rotatable bonds is 4. The van der Waals surface area contributed by atoms with Gasteiger partial charge >= 0.3 is 5.97 Å². The Bertz CT molecular complexity index is 188. The fourth-order valence-electron chi connectivity index (χ4n) is 1.83. The largest absolute Gasteiger partial charge is 0.481 e. The molecule has 0 aliphatic heterocycles. The second-order valence-electron chi connectivity index (χ2n) is 3.77. The predicted molar refractivity (Wildman–Crippen MR) is 48.5 cm³/mol. The summed E-state index contributed by atoms with van der Waals surface area (Å²) in [5.41, 5.74) is 0. The minimum Gasteiger partial charge on any atom is -0.481 e. The van der Waals surface area contributed by atoms with Crippen LogP contribution < -0.4 is 0 Å². The third kappa shape index (κ3) is 4.06. The normalized spacial score (nSPS) is 18.9. The molecule has 0 spiro atoms. The van der Waals surface area contributed by atoms with E-state index < -0.39 is 5.97 Å². The van der Waals surface area contributed by atoms with Gasteiger partial charge in [-0.2, -0.15) is 0 Å². The van der Waals surface area contributed by atoms with E-state index in [2.05, 4.69) is 0 Å². The molecule has 0 radical (unpaired) electrons. The molecule has 3 nitrogen and oxygen atoms in total. The van der Waals surface area contributed by atoms with Crippen molar-refractivity contribution >= 4 is 11.8 Å². The Morgan fingerprint density at radius 3 is 2.54 bits per heavy atom. The minimum atomic E-state index is -0.716. The van der Waals surface area contributed by atoms with E-state index in [1.165, 1.54) is 0 Å². The standard InChI is InChI=1S/C10H16O3/c11-9-6-4-8(5-7-9)2-1-3-10(12)13/h8H,1-7H2,(H,12,13). The zero-order valence-corrected chi connectivity index (χ0v) is 7.79. The van der Waals surface area contributed by atoms with Gasteiger partial charge < -0.3 is 5.11 Å². The first-order valence-corrected chi connectivity index (χ1v) is 4.92. The summed E-state index contributed by atoms with van der Waals surface area (Å²) in [5, 5.41) is 8.43. The molecule has 0 aromatic heterocycles. The highest BCUT2D eigenvalue weighted by Gasteiger charge is 2.18. The van der Waals surface area contributed by atoms with Crippen molar-refractivity contribution in [3.8, 4) is 0 Å². The van der Waals surface area contributed by atoms with E-state index in [-0.39, 0.29) is 6.42 Å². The third-order valence-corrected chi connectivity index (χ3v) is 2.67. The van der Waals surface area contributed by atoms with Crippen LogP contribution in [-0.4, -0.2) is 16.9 Å². The average molecular weight is 184 g/mol. The fraction of sp³-hybridized carbons (Fsp3) is 0.800. The van der Waals surface area contributed by atoms with E-state index in [1.807, 2.05) is 0 Å². The lowest BCUT2D eigenvalue weighted by atomic mass is 9.85. The van der Waals surface area contributed by atoms with Crippen LogP contribution in [-0.2, 0) is 9.59 Å². The second kappa shape index (κ2) is 5.00. The molecule has 0 amide bonds. The summed E-state index contributed by atoms with van der Waals surface area (Å²) < 4.78 is 0. The number of carbonyl (C=O) groups is 2. The number of Topliss-reactive ketones (excluding diaryl/α,β-unsaturated/α-hetero) is 1. The minimum absolute atomic E-state index is 0.268. The summed E-state index contributed by atoms with van der Waals surface area (Å²) in [6.07, 6.45) is 5.35. The molecule has 3 heteroatoms. The van der Waals surface area contributed by atoms with Gasteiger partial charge in [0.25, 0.3) is 0 Å². The summed E-state index contributed by atoms with van der Waals surface area (Å²) >= 11 is 0. The molecule has 0 aromatic rings. The van der Waals surface area contributed by atoms with Crippen molar-refractivity contribution in [3.63, 3.8) is 0 Å². The molecule has 1 saturated carbocycles. The Hall–Kier alpha value is -0.860. The van der Waals surface area contributed by atoms with Crippen LogP contribution in [0.4, 0.5) is 0 Å². The third-order valence-electron chi connectivity index (χ3n) is 2.67. The van der Waals surface area contributed by atoms with Crippen LogP contribution in [0.15, 0.2) is 0 Å². The molecule has 0 heterocycles. The van der Waals surface area contributed by atoms with Crippen LogP contribution in [0.5, 0.6) is 0 Å². The van der Waals surface area contributed by atoms with E-state index in [1.54, 1.807) is 0 Å². The van der Waals surface area contributed by atoms with Gasteiger partial charge in [0.05, 0.1) is 0 Å². The summed E-state index contributed by atoms with van der Waals surface area (Å²) in [4.78, 5) is 21.1. The molecule has 1 N–H and O–H groups in total. The maximum atomic E-state index is 10.9. The van der Waals surface area contributed by atoms with E-state index in [0.717, 1.165) is 25.7 Å². The van der Waals surface area contributed by atoms with Gasteiger partial charge in [0, 0.05) is 19.3 Å². The Balaban J connectivity index is 2.09. The summed E-state index contributed by atoms with van der Waals surface area (Å²) in [6, 6.07) is 0. The molecular formula is C10H16O3. The van der Waals surface area contributed by atoms with Crippen molar-refractivity contribution in [2.75, 3.05) is 0 Å². The van der Waals surface area contributed by atoms with Crippen molar-refractivity contribution in [2.24, 2.45) is 5.92 Å². The summed E-state index contributed by atoms with van der Waals surface area (Å²) in [7, 11) is 0. The van der Waals surface area contributed by atoms with Crippen LogP contribution in [0, 0.1) is 5.92 Å². The van der Waals surface area contributed by atoms with Crippen LogP contribution in [0.3, 0.4) is 0 Å². The number of aliphatic carboxylic acids is 1. The zero-order valence-electron chi connectivity index (χ0n) is 7.79. The molecule has 1 aliphatic rings. The lowest BCUT2D eigenvalue weighted by Gasteiger charge is -2.20. The molecule has 74 valence electrons. The lowest BCUT2D eigenvalue weighted by Crippen LogP contribution is -2.13. The fourth-order valence-corrected chi connectivity index (χ4v) is 1.83. The predicted octanol–water partition coefficient (Wildman–Crippen LogP) is 2.00. The van der Waals surface area contributed by atoms with Crippen LogP contribution in [0.1, 0.15) is 44.9 Å². The van der Waals surface area contributed by atoms with Gasteiger partial charge in [-0.3, -0.25) is 9.59 Å². The van der Waals surface area contributed by atoms with Gasteiger partial charge in [-0.25, -0.2) is 0 Å². The molecule has 0 bridgehead atoms. The lowest BCUT2D eigenvalue weighted by molar-refractivity contribution is -0.137. The van der Waals surface area contributed by atoms with Gasteiger partial charge in [-0.05, 0) is 31.6 Å². The smallest absolute Gasteiger partial charge is 0.303 e. The number of carboxylic acids is 1. The van der Waals surface area contributed by atoms with E-state index in [4.69, 9.17) is 5.11 Å². The monoisotopic (exact) mass is 184 g/mol. The van der Waals surface area contributed by atoms with Gasteiger partial charge in [-0.15, -0.1) is 0 Å². The molecule has 0 aromatic carbocycles. The highest BCUT2D eigenvalue weighted by Crippen LogP contribution is 2.25. The number of ketones is 1. The first kappa shape index (κ1) is 10.2. The van der Waals surface area contributed by atoms with E-state index in [9.17, 15) is 9.59 Å². The van der Waals surface area contributed by atoms with Gasteiger partial charge in [0.1, 0.15) is 5.78 Å². The van der Waals surface area contributed by atoms with Crippen LogP contribution in [0.2, 0.25) is 0 Å². The number of hydrogen-bond donors (Lipinski definition) is 1. The SMILES string of the molecule is O=C(O)CCCC1CCC(=O)CC1. The molecule has 1 aliphatic carbocycles. The Morgan fingerprint density at radius 2 is 2.00 bits per heavy atom. The number of hydrogen-bond acceptors (Lipinski definition) is 2. The maximum absolute atomic E-state index is 10.9. The molecule has 1 fully saturated rings. The molecular weight excluding hydrogens is 168 g/mol. The van der Waals surface area contributed by atoms with E-state index >= 15 is 0 Å². The molecule has 13 heavy (non-hydrogen) atoms. The Labute approximate surface area is 78.1 Å². The molecule has 0 atom stereocenters. The Kier molecular flexibility index (Phi) is 3.93. The highest BCUT2D eigenvalue weighted by atomic mass is 16.4. The number of carboxylic acid groups (broad SMARTS) is 1. The zero-order chi connectivity index (χ0) is 9.68. The van der Waals surface area contributed by atoms with Crippen LogP contribution >= 0.6 is 0 Å². The van der Waals surface area contributed by atoms with Gasteiger partial charge in [0.2, 0.25) is 0 Å². The Morgan fingerprint density at radius 1 is 1.38 bits per heavy atom. The van der Waals surface area contributed by atoms with Crippen molar-refractivity contribution in [3.05, 3.63) is 0 Å². The highest BCUT2D eigenvalue weighted by molar-refractivity contribution is 5.79. The quantitative estimate of drug-likeness (QED) is 0.727. The van der Waals surface area contributed by atoms with Gasteiger partial charge in [-0.1, -0.05) is 0 Å². The summed E-state index contributed by atoms with van der Waals surface area (Å²) in [5.74, 6) is 0.249. The summed E-state index contributed by atoms with van der Waals surface area (Å²) in [6.45, 7) is 0. The first-order chi connectivity index (χ1) is 6.18. The topological polar surface area (TPSA) is 54.4 Å². The van der Waals surface area contributed by atoms with Crippen molar-refractivity contribution in [2.45, 2.75) is 44.9 Å². The molecule has 0 saturated heterocycles. The maximum Gasteiger partial charge on any atom is 0.303 e. The van der Waals surface area contributed by atoms with Gasteiger partial charge in [0.15, 0.2) is 0 Å². The molecule has 0 unspecified atom stereocenters. The number of carbonyl (C=O) groups excluding carboxylic acids is 1.